The summed E-state index contributed by atoms with van der Waals surface area (Å²) >= 11 is 0. The van der Waals surface area contributed by atoms with Crippen molar-refractivity contribution in [3.05, 3.63) is 61.1 Å². The minimum absolute atomic E-state index is 0.341. The highest BCUT2D eigenvalue weighted by Crippen LogP contribution is 2.10. The second-order valence-electron chi connectivity index (χ2n) is 3.71. The number of amides is 1. The zero-order valence-electron chi connectivity index (χ0n) is 10.2. The summed E-state index contributed by atoms with van der Waals surface area (Å²) in [7, 11) is 0. The van der Waals surface area contributed by atoms with E-state index in [0.717, 1.165) is 5.69 Å². The van der Waals surface area contributed by atoms with Crippen LogP contribution in [0.3, 0.4) is 0 Å². The van der Waals surface area contributed by atoms with Crippen molar-refractivity contribution in [1.29, 1.82) is 0 Å². The Hall–Kier alpha value is -2.69. The summed E-state index contributed by atoms with van der Waals surface area (Å²) in [5.74, 6) is 0.810. The molecule has 1 aromatic heterocycles. The van der Waals surface area contributed by atoms with E-state index in [1.807, 2.05) is 6.07 Å². The average molecular weight is 255 g/mol. The fraction of sp³-hybridized carbons (Fsp3) is 0.0714. The molecule has 0 saturated heterocycles. The minimum atomic E-state index is -0.600. The molecule has 0 aliphatic heterocycles. The predicted molar refractivity (Wildman–Crippen MR) is 72.0 cm³/mol. The molecule has 0 spiro atoms. The van der Waals surface area contributed by atoms with Crippen LogP contribution < -0.4 is 10.1 Å². The zero-order chi connectivity index (χ0) is 13.5. The van der Waals surface area contributed by atoms with Gasteiger partial charge in [0.05, 0.1) is 18.1 Å². The molecule has 0 unspecified atom stereocenters. The van der Waals surface area contributed by atoms with Gasteiger partial charge in [0.15, 0.2) is 5.82 Å². The fourth-order valence-corrected chi connectivity index (χ4v) is 1.40. The molecule has 1 aromatic carbocycles. The quantitative estimate of drug-likeness (QED) is 0.853. The lowest BCUT2D eigenvalue weighted by Gasteiger charge is -2.05. The van der Waals surface area contributed by atoms with Gasteiger partial charge in [-0.2, -0.15) is 0 Å². The van der Waals surface area contributed by atoms with E-state index in [1.54, 1.807) is 36.5 Å². The number of benzene rings is 1. The van der Waals surface area contributed by atoms with Crippen molar-refractivity contribution in [1.82, 2.24) is 9.97 Å². The van der Waals surface area contributed by atoms with Crippen molar-refractivity contribution in [3.63, 3.8) is 0 Å². The van der Waals surface area contributed by atoms with Crippen LogP contribution in [0.5, 0.6) is 5.75 Å². The largest absolute Gasteiger partial charge is 0.418 e. The van der Waals surface area contributed by atoms with Crippen LogP contribution in [-0.4, -0.2) is 16.1 Å². The molecule has 0 fully saturated rings. The Balaban J connectivity index is 1.93. The average Bonchev–Trinajstić information content (AvgIpc) is 2.42. The van der Waals surface area contributed by atoms with Gasteiger partial charge in [-0.1, -0.05) is 24.3 Å². The Kier molecular flexibility index (Phi) is 4.23. The molecule has 5 heteroatoms. The second-order valence-corrected chi connectivity index (χ2v) is 3.71. The fourth-order valence-electron chi connectivity index (χ4n) is 1.40. The number of ether oxygens (including phenoxy) is 1. The van der Waals surface area contributed by atoms with E-state index in [1.165, 1.54) is 6.20 Å². The third kappa shape index (κ3) is 3.92. The number of nitrogens with zero attached hydrogens (tertiary/aromatic N) is 2. The standard InChI is InChI=1S/C14H13N3O2/c1-2-6-11-9-16-13(10-15-11)17-14(18)19-12-7-4-3-5-8-12/h2-5,7-10H,1,6H2,(H,16,17,18). The van der Waals surface area contributed by atoms with Crippen LogP contribution in [0.15, 0.2) is 55.4 Å². The van der Waals surface area contributed by atoms with Gasteiger partial charge in [-0.15, -0.1) is 6.58 Å². The van der Waals surface area contributed by atoms with Gasteiger partial charge in [-0.25, -0.2) is 9.78 Å². The number of rotatable bonds is 4. The smallest absolute Gasteiger partial charge is 0.410 e. The van der Waals surface area contributed by atoms with E-state index in [0.29, 0.717) is 18.0 Å². The first-order chi connectivity index (χ1) is 9.28. The lowest BCUT2D eigenvalue weighted by atomic mass is 10.3. The monoisotopic (exact) mass is 255 g/mol. The molecule has 0 bridgehead atoms. The van der Waals surface area contributed by atoms with Crippen LogP contribution in [0.1, 0.15) is 5.69 Å². The van der Waals surface area contributed by atoms with Gasteiger partial charge in [0.2, 0.25) is 0 Å². The van der Waals surface area contributed by atoms with E-state index < -0.39 is 6.09 Å². The maximum Gasteiger partial charge on any atom is 0.418 e. The topological polar surface area (TPSA) is 64.1 Å². The lowest BCUT2D eigenvalue weighted by molar-refractivity contribution is 0.215. The molecule has 0 radical (unpaired) electrons. The molecule has 0 saturated carbocycles. The normalized spacial score (nSPS) is 9.68. The van der Waals surface area contributed by atoms with E-state index >= 15 is 0 Å². The summed E-state index contributed by atoms with van der Waals surface area (Å²) < 4.78 is 5.06. The number of carbonyl (C=O) groups is 1. The number of hydrogen-bond acceptors (Lipinski definition) is 4. The molecule has 1 heterocycles. The molecule has 2 aromatic rings. The molecular weight excluding hydrogens is 242 g/mol. The van der Waals surface area contributed by atoms with Crippen molar-refractivity contribution >= 4 is 11.9 Å². The van der Waals surface area contributed by atoms with Crippen LogP contribution >= 0.6 is 0 Å². The summed E-state index contributed by atoms with van der Waals surface area (Å²) in [5, 5.41) is 2.50. The highest BCUT2D eigenvalue weighted by molar-refractivity contribution is 5.84. The number of allylic oxidation sites excluding steroid dienone is 1. The molecule has 96 valence electrons. The van der Waals surface area contributed by atoms with Gasteiger partial charge >= 0.3 is 6.09 Å². The van der Waals surface area contributed by atoms with Gasteiger partial charge in [-0.05, 0) is 12.1 Å². The van der Waals surface area contributed by atoms with Gasteiger partial charge in [0.25, 0.3) is 0 Å². The molecule has 19 heavy (non-hydrogen) atoms. The zero-order valence-corrected chi connectivity index (χ0v) is 10.2. The Morgan fingerprint density at radius 2 is 2.05 bits per heavy atom. The van der Waals surface area contributed by atoms with Crippen molar-refractivity contribution in [3.8, 4) is 5.75 Å². The molecule has 1 amide bonds. The first-order valence-electron chi connectivity index (χ1n) is 5.73. The van der Waals surface area contributed by atoms with E-state index in [2.05, 4.69) is 21.9 Å². The summed E-state index contributed by atoms with van der Waals surface area (Å²) in [6, 6.07) is 8.80. The molecule has 0 aliphatic rings. The molecule has 1 N–H and O–H groups in total. The van der Waals surface area contributed by atoms with Crippen molar-refractivity contribution in [2.24, 2.45) is 0 Å². The van der Waals surface area contributed by atoms with E-state index in [9.17, 15) is 4.79 Å². The molecule has 0 aliphatic carbocycles. The predicted octanol–water partition coefficient (Wildman–Crippen LogP) is 2.82. The molecular formula is C14H13N3O2. The Morgan fingerprint density at radius 1 is 1.26 bits per heavy atom. The molecule has 2 rings (SSSR count). The third-order valence-electron chi connectivity index (χ3n) is 2.24. The van der Waals surface area contributed by atoms with Crippen molar-refractivity contribution in [2.75, 3.05) is 5.32 Å². The lowest BCUT2D eigenvalue weighted by Crippen LogP contribution is -2.17. The molecule has 5 nitrogen and oxygen atoms in total. The van der Waals surface area contributed by atoms with Crippen molar-refractivity contribution < 1.29 is 9.53 Å². The van der Waals surface area contributed by atoms with Gasteiger partial charge < -0.3 is 4.74 Å². The van der Waals surface area contributed by atoms with E-state index in [-0.39, 0.29) is 0 Å². The van der Waals surface area contributed by atoms with Gasteiger partial charge in [0.1, 0.15) is 5.75 Å². The highest BCUT2D eigenvalue weighted by Gasteiger charge is 2.05. The Labute approximate surface area is 111 Å². The number of nitrogens with one attached hydrogen (secondary N) is 1. The summed E-state index contributed by atoms with van der Waals surface area (Å²) in [6.45, 7) is 3.62. The first kappa shape index (κ1) is 12.8. The van der Waals surface area contributed by atoms with Crippen LogP contribution in [0, 0.1) is 0 Å². The van der Waals surface area contributed by atoms with Gasteiger partial charge in [-0.3, -0.25) is 10.3 Å². The van der Waals surface area contributed by atoms with Gasteiger partial charge in [0, 0.05) is 6.42 Å². The van der Waals surface area contributed by atoms with Crippen LogP contribution in [0.25, 0.3) is 0 Å². The first-order valence-corrected chi connectivity index (χ1v) is 5.73. The maximum absolute atomic E-state index is 11.6. The van der Waals surface area contributed by atoms with Crippen LogP contribution in [0.4, 0.5) is 10.6 Å². The number of anilines is 1. The third-order valence-corrected chi connectivity index (χ3v) is 2.24. The summed E-state index contributed by atoms with van der Waals surface area (Å²) in [4.78, 5) is 19.8. The maximum atomic E-state index is 11.6. The number of aromatic nitrogens is 2. The SMILES string of the molecule is C=CCc1cnc(NC(=O)Oc2ccccc2)cn1. The summed E-state index contributed by atoms with van der Waals surface area (Å²) in [5.41, 5.74) is 0.789. The molecule has 0 atom stereocenters. The minimum Gasteiger partial charge on any atom is -0.410 e. The van der Waals surface area contributed by atoms with Crippen molar-refractivity contribution in [2.45, 2.75) is 6.42 Å². The Bertz CT molecular complexity index is 553. The highest BCUT2D eigenvalue weighted by atomic mass is 16.6. The van der Waals surface area contributed by atoms with E-state index in [4.69, 9.17) is 4.74 Å². The number of carbonyl (C=O) groups excluding carboxylic acids is 1. The van der Waals surface area contributed by atoms with Crippen LogP contribution in [0.2, 0.25) is 0 Å². The number of para-hydroxylation sites is 1. The van der Waals surface area contributed by atoms with Crippen LogP contribution in [-0.2, 0) is 6.42 Å². The number of hydrogen-bond donors (Lipinski definition) is 1. The summed E-state index contributed by atoms with van der Waals surface area (Å²) in [6.07, 6.45) is 4.84. The Morgan fingerprint density at radius 3 is 2.68 bits per heavy atom. The second kappa shape index (κ2) is 6.30.